The fourth-order valence-corrected chi connectivity index (χ4v) is 1.31. The van der Waals surface area contributed by atoms with E-state index in [4.69, 9.17) is 5.11 Å². The van der Waals surface area contributed by atoms with Crippen molar-refractivity contribution in [1.29, 1.82) is 0 Å². The van der Waals surface area contributed by atoms with Crippen molar-refractivity contribution in [2.75, 3.05) is 5.75 Å². The van der Waals surface area contributed by atoms with Crippen LogP contribution in [0.15, 0.2) is 0 Å². The lowest BCUT2D eigenvalue weighted by Crippen LogP contribution is -2.28. The van der Waals surface area contributed by atoms with Gasteiger partial charge < -0.3 is 5.11 Å². The average Bonchev–Trinajstić information content (AvgIpc) is 1.84. The summed E-state index contributed by atoms with van der Waals surface area (Å²) in [5.41, 5.74) is 0. The molecule has 0 aliphatic rings. The van der Waals surface area contributed by atoms with Crippen LogP contribution in [0.2, 0.25) is 0 Å². The molecule has 0 saturated heterocycles. The van der Waals surface area contributed by atoms with Gasteiger partial charge in [0.05, 0.1) is 0 Å². The van der Waals surface area contributed by atoms with Crippen LogP contribution in [-0.4, -0.2) is 21.6 Å². The van der Waals surface area contributed by atoms with Crippen LogP contribution in [0.5, 0.6) is 0 Å². The summed E-state index contributed by atoms with van der Waals surface area (Å²) in [6.07, 6.45) is 0. The monoisotopic (exact) mass is 176 g/mol. The first kappa shape index (κ1) is 10.8. The maximum Gasteiger partial charge on any atom is 0.319 e. The third-order valence-electron chi connectivity index (χ3n) is 1.29. The van der Waals surface area contributed by atoms with Crippen LogP contribution in [0.1, 0.15) is 27.7 Å². The van der Waals surface area contributed by atoms with Crippen molar-refractivity contribution in [1.82, 2.24) is 0 Å². The summed E-state index contributed by atoms with van der Waals surface area (Å²) >= 11 is 1.50. The largest absolute Gasteiger partial charge is 0.480 e. The topological polar surface area (TPSA) is 37.3 Å². The first-order valence-electron chi connectivity index (χ1n) is 3.73. The van der Waals surface area contributed by atoms with E-state index in [0.717, 1.165) is 5.75 Å². The second kappa shape index (κ2) is 4.00. The van der Waals surface area contributed by atoms with Crippen molar-refractivity contribution in [3.63, 3.8) is 0 Å². The van der Waals surface area contributed by atoms with Gasteiger partial charge in [0.1, 0.15) is 4.75 Å². The molecule has 0 atom stereocenters. The maximum atomic E-state index is 10.6. The highest BCUT2D eigenvalue weighted by Crippen LogP contribution is 2.26. The summed E-state index contributed by atoms with van der Waals surface area (Å²) < 4.78 is -0.635. The molecule has 66 valence electrons. The maximum absolute atomic E-state index is 10.6. The smallest absolute Gasteiger partial charge is 0.319 e. The fraction of sp³-hybridized carbons (Fsp3) is 0.875. The van der Waals surface area contributed by atoms with Gasteiger partial charge >= 0.3 is 5.97 Å². The minimum absolute atomic E-state index is 0.554. The van der Waals surface area contributed by atoms with E-state index in [-0.39, 0.29) is 0 Å². The van der Waals surface area contributed by atoms with Gasteiger partial charge in [0.25, 0.3) is 0 Å². The Morgan fingerprint density at radius 3 is 2.27 bits per heavy atom. The van der Waals surface area contributed by atoms with Gasteiger partial charge in [-0.3, -0.25) is 4.79 Å². The Kier molecular flexibility index (Phi) is 3.93. The molecule has 0 aromatic heterocycles. The van der Waals surface area contributed by atoms with Gasteiger partial charge in [0.2, 0.25) is 0 Å². The van der Waals surface area contributed by atoms with Crippen molar-refractivity contribution in [3.8, 4) is 0 Å². The summed E-state index contributed by atoms with van der Waals surface area (Å²) in [4.78, 5) is 10.6. The molecule has 0 aromatic carbocycles. The molecule has 0 aliphatic carbocycles. The highest BCUT2D eigenvalue weighted by Gasteiger charge is 2.27. The Hall–Kier alpha value is -0.180. The lowest BCUT2D eigenvalue weighted by Gasteiger charge is -2.19. The number of carboxylic acids is 1. The Bertz CT molecular complexity index is 141. The number of rotatable bonds is 4. The molecule has 0 spiro atoms. The Morgan fingerprint density at radius 2 is 2.00 bits per heavy atom. The lowest BCUT2D eigenvalue weighted by molar-refractivity contribution is -0.138. The molecule has 0 amide bonds. The normalized spacial score (nSPS) is 12.1. The molecule has 0 fully saturated rings. The van der Waals surface area contributed by atoms with Crippen LogP contribution >= 0.6 is 11.8 Å². The number of carboxylic acid groups (broad SMARTS) is 1. The zero-order valence-electron chi connectivity index (χ0n) is 7.55. The van der Waals surface area contributed by atoms with Gasteiger partial charge in [-0.1, -0.05) is 13.8 Å². The highest BCUT2D eigenvalue weighted by molar-refractivity contribution is 8.01. The molecule has 2 nitrogen and oxygen atoms in total. The molecular formula is C8H16O2S. The van der Waals surface area contributed by atoms with Crippen LogP contribution in [-0.2, 0) is 4.79 Å². The molecule has 0 aromatic rings. The molecule has 0 heterocycles. The van der Waals surface area contributed by atoms with E-state index in [1.807, 2.05) is 0 Å². The van der Waals surface area contributed by atoms with Gasteiger partial charge in [-0.2, -0.15) is 0 Å². The van der Waals surface area contributed by atoms with Gasteiger partial charge in [0.15, 0.2) is 0 Å². The number of hydrogen-bond donors (Lipinski definition) is 1. The second-order valence-electron chi connectivity index (χ2n) is 3.52. The van der Waals surface area contributed by atoms with Gasteiger partial charge in [-0.05, 0) is 25.5 Å². The Morgan fingerprint density at radius 1 is 1.55 bits per heavy atom. The molecular weight excluding hydrogens is 160 g/mol. The second-order valence-corrected chi connectivity index (χ2v) is 5.16. The fourth-order valence-electron chi connectivity index (χ4n) is 0.437. The Labute approximate surface area is 72.4 Å². The molecule has 0 unspecified atom stereocenters. The highest BCUT2D eigenvalue weighted by atomic mass is 32.2. The zero-order chi connectivity index (χ0) is 9.07. The minimum Gasteiger partial charge on any atom is -0.480 e. The van der Waals surface area contributed by atoms with Gasteiger partial charge in [-0.25, -0.2) is 0 Å². The summed E-state index contributed by atoms with van der Waals surface area (Å²) in [5.74, 6) is 0.723. The van der Waals surface area contributed by atoms with E-state index >= 15 is 0 Å². The predicted octanol–water partition coefficient (Wildman–Crippen LogP) is 2.24. The Balaban J connectivity index is 3.83. The quantitative estimate of drug-likeness (QED) is 0.713. The third-order valence-corrected chi connectivity index (χ3v) is 3.02. The molecule has 0 aliphatic heterocycles. The van der Waals surface area contributed by atoms with E-state index < -0.39 is 10.7 Å². The van der Waals surface area contributed by atoms with Crippen molar-refractivity contribution in [3.05, 3.63) is 0 Å². The van der Waals surface area contributed by atoms with Gasteiger partial charge in [0, 0.05) is 0 Å². The molecule has 0 rings (SSSR count). The minimum atomic E-state index is -0.733. The number of aliphatic carboxylic acids is 1. The number of hydrogen-bond acceptors (Lipinski definition) is 2. The van der Waals surface area contributed by atoms with E-state index in [0.29, 0.717) is 5.92 Å². The molecule has 3 heteroatoms. The van der Waals surface area contributed by atoms with E-state index in [2.05, 4.69) is 13.8 Å². The standard InChI is InChI=1S/C8H16O2S/c1-6(2)5-11-8(3,4)7(9)10/h6H,5H2,1-4H3,(H,9,10). The zero-order valence-corrected chi connectivity index (χ0v) is 8.36. The van der Waals surface area contributed by atoms with E-state index in [1.165, 1.54) is 11.8 Å². The van der Waals surface area contributed by atoms with Gasteiger partial charge in [-0.15, -0.1) is 11.8 Å². The molecule has 0 bridgehead atoms. The van der Waals surface area contributed by atoms with Crippen molar-refractivity contribution >= 4 is 17.7 Å². The predicted molar refractivity (Wildman–Crippen MR) is 49.0 cm³/mol. The summed E-state index contributed by atoms with van der Waals surface area (Å²) in [7, 11) is 0. The van der Waals surface area contributed by atoms with Crippen LogP contribution in [0.25, 0.3) is 0 Å². The third kappa shape index (κ3) is 4.30. The lowest BCUT2D eigenvalue weighted by atomic mass is 10.2. The van der Waals surface area contributed by atoms with Crippen LogP contribution in [0.3, 0.4) is 0 Å². The first-order valence-corrected chi connectivity index (χ1v) is 4.72. The summed E-state index contributed by atoms with van der Waals surface area (Å²) in [6.45, 7) is 7.65. The molecule has 0 saturated carbocycles. The molecule has 11 heavy (non-hydrogen) atoms. The van der Waals surface area contributed by atoms with Crippen LogP contribution in [0.4, 0.5) is 0 Å². The first-order chi connectivity index (χ1) is 4.86. The van der Waals surface area contributed by atoms with E-state index in [9.17, 15) is 4.79 Å². The summed E-state index contributed by atoms with van der Waals surface area (Å²) in [6, 6.07) is 0. The van der Waals surface area contributed by atoms with Crippen LogP contribution in [0, 0.1) is 5.92 Å². The molecule has 1 N–H and O–H groups in total. The van der Waals surface area contributed by atoms with E-state index in [1.54, 1.807) is 13.8 Å². The summed E-state index contributed by atoms with van der Waals surface area (Å²) in [5, 5.41) is 8.73. The SMILES string of the molecule is CC(C)CSC(C)(C)C(=O)O. The van der Waals surface area contributed by atoms with Crippen molar-refractivity contribution in [2.24, 2.45) is 5.92 Å². The van der Waals surface area contributed by atoms with Crippen molar-refractivity contribution < 1.29 is 9.90 Å². The molecule has 0 radical (unpaired) electrons. The number of carbonyl (C=O) groups is 1. The average molecular weight is 176 g/mol. The van der Waals surface area contributed by atoms with Crippen molar-refractivity contribution in [2.45, 2.75) is 32.4 Å². The number of thioether (sulfide) groups is 1. The van der Waals surface area contributed by atoms with Crippen LogP contribution < -0.4 is 0 Å².